The molecule has 1 aliphatic carbocycles. The van der Waals surface area contributed by atoms with E-state index in [9.17, 15) is 13.2 Å². The van der Waals surface area contributed by atoms with Crippen molar-refractivity contribution in [3.8, 4) is 0 Å². The Labute approximate surface area is 139 Å². The summed E-state index contributed by atoms with van der Waals surface area (Å²) in [7, 11) is -3.40. The summed E-state index contributed by atoms with van der Waals surface area (Å²) in [4.78, 5) is 14.4. The molecule has 0 radical (unpaired) electrons. The zero-order valence-corrected chi connectivity index (χ0v) is 14.4. The van der Waals surface area contributed by atoms with Crippen LogP contribution in [0, 0.1) is 0 Å². The molecule has 0 bridgehead atoms. The first-order valence-corrected chi connectivity index (χ1v) is 10.1. The van der Waals surface area contributed by atoms with Crippen molar-refractivity contribution in [3.05, 3.63) is 45.6 Å². The van der Waals surface area contributed by atoms with Gasteiger partial charge in [0.15, 0.2) is 0 Å². The Bertz CT molecular complexity index is 817. The van der Waals surface area contributed by atoms with E-state index in [1.807, 2.05) is 6.07 Å². The lowest BCUT2D eigenvalue weighted by molar-refractivity contribution is 0.103. The summed E-state index contributed by atoms with van der Waals surface area (Å²) in [5, 5.41) is 2.80. The van der Waals surface area contributed by atoms with Crippen LogP contribution in [0.3, 0.4) is 0 Å². The number of sulfonamides is 1. The maximum Gasteiger partial charge on any atom is 0.265 e. The third-order valence-corrected chi connectivity index (χ3v) is 5.52. The van der Waals surface area contributed by atoms with Crippen LogP contribution in [0.5, 0.6) is 0 Å². The molecule has 0 spiro atoms. The van der Waals surface area contributed by atoms with E-state index in [0.29, 0.717) is 16.3 Å². The third kappa shape index (κ3) is 3.92. The van der Waals surface area contributed by atoms with Crippen LogP contribution in [-0.4, -0.2) is 20.6 Å². The van der Waals surface area contributed by atoms with Crippen LogP contribution in [0.2, 0.25) is 0 Å². The van der Waals surface area contributed by atoms with E-state index in [2.05, 4.69) is 10.0 Å². The number of aryl methyl sites for hydroxylation is 2. The van der Waals surface area contributed by atoms with Gasteiger partial charge in [-0.3, -0.25) is 9.52 Å². The van der Waals surface area contributed by atoms with Gasteiger partial charge in [0.2, 0.25) is 10.0 Å². The van der Waals surface area contributed by atoms with Crippen molar-refractivity contribution in [2.75, 3.05) is 16.3 Å². The van der Waals surface area contributed by atoms with Crippen molar-refractivity contribution in [2.45, 2.75) is 25.7 Å². The minimum atomic E-state index is -3.40. The van der Waals surface area contributed by atoms with Gasteiger partial charge in [-0.25, -0.2) is 8.42 Å². The fourth-order valence-corrected chi connectivity index (χ4v) is 4.39. The number of anilines is 2. The van der Waals surface area contributed by atoms with Crippen LogP contribution >= 0.6 is 11.3 Å². The van der Waals surface area contributed by atoms with Gasteiger partial charge in [-0.05, 0) is 49.4 Å². The summed E-state index contributed by atoms with van der Waals surface area (Å²) >= 11 is 1.53. The van der Waals surface area contributed by atoms with Crippen molar-refractivity contribution in [1.82, 2.24) is 0 Å². The number of para-hydroxylation sites is 2. The van der Waals surface area contributed by atoms with E-state index in [1.165, 1.54) is 34.6 Å². The second-order valence-electron chi connectivity index (χ2n) is 5.64. The van der Waals surface area contributed by atoms with E-state index in [4.69, 9.17) is 0 Å². The molecule has 0 unspecified atom stereocenters. The Morgan fingerprint density at radius 3 is 2.52 bits per heavy atom. The van der Waals surface area contributed by atoms with Crippen molar-refractivity contribution >= 4 is 38.6 Å². The minimum Gasteiger partial charge on any atom is -0.319 e. The highest BCUT2D eigenvalue weighted by Crippen LogP contribution is 2.31. The van der Waals surface area contributed by atoms with Crippen LogP contribution < -0.4 is 10.0 Å². The van der Waals surface area contributed by atoms with Gasteiger partial charge >= 0.3 is 0 Å². The Morgan fingerprint density at radius 1 is 1.13 bits per heavy atom. The Hall–Kier alpha value is -1.86. The monoisotopic (exact) mass is 350 g/mol. The van der Waals surface area contributed by atoms with Crippen LogP contribution in [0.25, 0.3) is 0 Å². The first kappa shape index (κ1) is 16.0. The second kappa shape index (κ2) is 6.33. The number of benzene rings is 1. The van der Waals surface area contributed by atoms with Crippen LogP contribution in [0.4, 0.5) is 11.4 Å². The predicted molar refractivity (Wildman–Crippen MR) is 93.8 cm³/mol. The average molecular weight is 350 g/mol. The largest absolute Gasteiger partial charge is 0.319 e. The molecule has 0 saturated heterocycles. The number of rotatable bonds is 4. The van der Waals surface area contributed by atoms with E-state index < -0.39 is 10.0 Å². The lowest BCUT2D eigenvalue weighted by Crippen LogP contribution is -2.15. The predicted octanol–water partition coefficient (Wildman–Crippen LogP) is 3.25. The normalized spacial score (nSPS) is 14.1. The Morgan fingerprint density at radius 2 is 1.83 bits per heavy atom. The maximum atomic E-state index is 12.5. The molecular formula is C16H18N2O3S2. The van der Waals surface area contributed by atoms with Crippen LogP contribution in [0.15, 0.2) is 30.3 Å². The zero-order chi connectivity index (χ0) is 16.4. The van der Waals surface area contributed by atoms with Crippen molar-refractivity contribution < 1.29 is 13.2 Å². The highest BCUT2D eigenvalue weighted by Gasteiger charge is 2.18. The molecular weight excluding hydrogens is 332 g/mol. The summed E-state index contributed by atoms with van der Waals surface area (Å²) in [5.74, 6) is -0.202. The smallest absolute Gasteiger partial charge is 0.265 e. The zero-order valence-electron chi connectivity index (χ0n) is 12.8. The molecule has 122 valence electrons. The van der Waals surface area contributed by atoms with Crippen LogP contribution in [-0.2, 0) is 22.9 Å². The van der Waals surface area contributed by atoms with Gasteiger partial charge in [0, 0.05) is 4.88 Å². The molecule has 3 rings (SSSR count). The number of thiophene rings is 1. The number of hydrogen-bond acceptors (Lipinski definition) is 4. The van der Waals surface area contributed by atoms with Gasteiger partial charge in [0.25, 0.3) is 5.91 Å². The summed E-state index contributed by atoms with van der Waals surface area (Å²) in [6, 6.07) is 8.73. The molecule has 1 aliphatic rings. The summed E-state index contributed by atoms with van der Waals surface area (Å²) in [6.45, 7) is 0. The average Bonchev–Trinajstić information content (AvgIpc) is 2.92. The molecule has 1 aromatic heterocycles. The quantitative estimate of drug-likeness (QED) is 0.889. The molecule has 1 heterocycles. The standard InChI is InChI=1S/C16H18N2O3S2/c1-23(20,21)18-13-8-4-3-7-12(13)17-16(19)15-10-11-6-2-5-9-14(11)22-15/h3-4,7-8,10,18H,2,5-6,9H2,1H3,(H,17,19). The molecule has 2 N–H and O–H groups in total. The molecule has 0 aliphatic heterocycles. The SMILES string of the molecule is CS(=O)(=O)Nc1ccccc1NC(=O)c1cc2c(s1)CCCC2. The number of amides is 1. The molecule has 0 saturated carbocycles. The van der Waals surface area contributed by atoms with Crippen molar-refractivity contribution in [1.29, 1.82) is 0 Å². The molecule has 7 heteroatoms. The molecule has 2 aromatic rings. The van der Waals surface area contributed by atoms with E-state index in [0.717, 1.165) is 19.1 Å². The van der Waals surface area contributed by atoms with E-state index >= 15 is 0 Å². The number of carbonyl (C=O) groups is 1. The van der Waals surface area contributed by atoms with Crippen molar-refractivity contribution in [2.24, 2.45) is 0 Å². The first-order chi connectivity index (χ1) is 10.9. The van der Waals surface area contributed by atoms with Gasteiger partial charge in [-0.15, -0.1) is 11.3 Å². The summed E-state index contributed by atoms with van der Waals surface area (Å²) < 4.78 is 25.3. The number of hydrogen-bond donors (Lipinski definition) is 2. The fourth-order valence-electron chi connectivity index (χ4n) is 2.67. The highest BCUT2D eigenvalue weighted by atomic mass is 32.2. The number of carbonyl (C=O) groups excluding carboxylic acids is 1. The molecule has 0 fully saturated rings. The van der Waals surface area contributed by atoms with Crippen molar-refractivity contribution in [3.63, 3.8) is 0 Å². The molecule has 23 heavy (non-hydrogen) atoms. The van der Waals surface area contributed by atoms with Gasteiger partial charge in [0.05, 0.1) is 22.5 Å². The summed E-state index contributed by atoms with van der Waals surface area (Å²) in [5.41, 5.74) is 2.09. The van der Waals surface area contributed by atoms with E-state index in [-0.39, 0.29) is 5.91 Å². The minimum absolute atomic E-state index is 0.202. The molecule has 1 amide bonds. The van der Waals surface area contributed by atoms with Gasteiger partial charge in [-0.2, -0.15) is 0 Å². The molecule has 1 aromatic carbocycles. The highest BCUT2D eigenvalue weighted by molar-refractivity contribution is 7.92. The lowest BCUT2D eigenvalue weighted by atomic mass is 9.99. The fraction of sp³-hybridized carbons (Fsp3) is 0.312. The molecule has 5 nitrogen and oxygen atoms in total. The van der Waals surface area contributed by atoms with Gasteiger partial charge in [-0.1, -0.05) is 12.1 Å². The second-order valence-corrected chi connectivity index (χ2v) is 8.53. The summed E-state index contributed by atoms with van der Waals surface area (Å²) in [6.07, 6.45) is 5.51. The number of nitrogens with one attached hydrogen (secondary N) is 2. The maximum absolute atomic E-state index is 12.5. The van der Waals surface area contributed by atoms with Gasteiger partial charge < -0.3 is 5.32 Å². The molecule has 0 atom stereocenters. The van der Waals surface area contributed by atoms with Gasteiger partial charge in [0.1, 0.15) is 0 Å². The number of fused-ring (bicyclic) bond motifs is 1. The third-order valence-electron chi connectivity index (χ3n) is 3.69. The first-order valence-electron chi connectivity index (χ1n) is 7.42. The van der Waals surface area contributed by atoms with E-state index in [1.54, 1.807) is 24.3 Å². The lowest BCUT2D eigenvalue weighted by Gasteiger charge is -2.11. The van der Waals surface area contributed by atoms with Crippen LogP contribution in [0.1, 0.15) is 33.0 Å². The Kier molecular flexibility index (Phi) is 4.41. The topological polar surface area (TPSA) is 75.3 Å². The Balaban J connectivity index is 1.82.